The number of aliphatic hydroxyl groups is 1. The minimum atomic E-state index is -0.496. The van der Waals surface area contributed by atoms with E-state index in [0.717, 1.165) is 12.8 Å². The Bertz CT molecular complexity index is 155. The highest BCUT2D eigenvalue weighted by Gasteiger charge is 2.29. The van der Waals surface area contributed by atoms with Crippen LogP contribution in [0.3, 0.4) is 0 Å². The molecule has 1 nitrogen and oxygen atoms in total. The lowest BCUT2D eigenvalue weighted by atomic mass is 10.00. The van der Waals surface area contributed by atoms with Crippen LogP contribution in [0.4, 0.5) is 0 Å². The summed E-state index contributed by atoms with van der Waals surface area (Å²) in [7, 11) is 0. The number of rotatable bonds is 0. The summed E-state index contributed by atoms with van der Waals surface area (Å²) in [6, 6.07) is 0. The third kappa shape index (κ3) is 4.47. The van der Waals surface area contributed by atoms with Crippen LogP contribution in [0.1, 0.15) is 61.3 Å². The van der Waals surface area contributed by atoms with Gasteiger partial charge in [-0.3, -0.25) is 0 Å². The molecule has 0 amide bonds. The SMILES string of the molecule is CC.CC.CC1=C(C)C(C)(O)CC1. The van der Waals surface area contributed by atoms with E-state index in [4.69, 9.17) is 0 Å². The van der Waals surface area contributed by atoms with Crippen LogP contribution in [-0.4, -0.2) is 10.7 Å². The number of allylic oxidation sites excluding steroid dienone is 1. The quantitative estimate of drug-likeness (QED) is 0.568. The van der Waals surface area contributed by atoms with Crippen molar-refractivity contribution in [2.24, 2.45) is 0 Å². The van der Waals surface area contributed by atoms with Crippen LogP contribution in [-0.2, 0) is 0 Å². The molecule has 0 aliphatic heterocycles. The summed E-state index contributed by atoms with van der Waals surface area (Å²) in [5, 5.41) is 9.58. The van der Waals surface area contributed by atoms with Crippen LogP contribution in [0.2, 0.25) is 0 Å². The van der Waals surface area contributed by atoms with E-state index in [1.165, 1.54) is 11.1 Å². The summed E-state index contributed by atoms with van der Waals surface area (Å²) < 4.78 is 0. The van der Waals surface area contributed by atoms with E-state index < -0.39 is 5.60 Å². The maximum atomic E-state index is 9.58. The Kier molecular flexibility index (Phi) is 8.34. The van der Waals surface area contributed by atoms with Gasteiger partial charge in [0, 0.05) is 0 Å². The molecular formula is C12H26O. The Hall–Kier alpha value is -0.300. The fourth-order valence-corrected chi connectivity index (χ4v) is 1.27. The van der Waals surface area contributed by atoms with Crippen molar-refractivity contribution in [3.05, 3.63) is 11.1 Å². The highest BCUT2D eigenvalue weighted by Crippen LogP contribution is 2.34. The molecular weight excluding hydrogens is 160 g/mol. The summed E-state index contributed by atoms with van der Waals surface area (Å²) in [6.45, 7) is 14.0. The first-order chi connectivity index (χ1) is 6.04. The zero-order valence-electron chi connectivity index (χ0n) is 10.4. The van der Waals surface area contributed by atoms with Crippen molar-refractivity contribution >= 4 is 0 Å². The molecule has 1 aliphatic rings. The molecule has 1 atom stereocenters. The third-order valence-corrected chi connectivity index (χ3v) is 2.43. The summed E-state index contributed by atoms with van der Waals surface area (Å²) in [5.74, 6) is 0. The molecule has 0 heterocycles. The van der Waals surface area contributed by atoms with Gasteiger partial charge in [-0.05, 0) is 39.2 Å². The first kappa shape index (κ1) is 15.2. The Labute approximate surface area is 83.9 Å². The van der Waals surface area contributed by atoms with Gasteiger partial charge >= 0.3 is 0 Å². The van der Waals surface area contributed by atoms with Crippen LogP contribution in [0.25, 0.3) is 0 Å². The summed E-state index contributed by atoms with van der Waals surface area (Å²) in [5.41, 5.74) is 2.03. The minimum absolute atomic E-state index is 0.496. The van der Waals surface area contributed by atoms with Crippen LogP contribution in [0.15, 0.2) is 11.1 Å². The van der Waals surface area contributed by atoms with Gasteiger partial charge in [-0.1, -0.05) is 33.3 Å². The molecule has 0 radical (unpaired) electrons. The molecule has 0 bridgehead atoms. The van der Waals surface area contributed by atoms with Gasteiger partial charge in [0.1, 0.15) is 0 Å². The minimum Gasteiger partial charge on any atom is -0.386 e. The van der Waals surface area contributed by atoms with Crippen molar-refractivity contribution in [2.45, 2.75) is 66.9 Å². The molecule has 0 spiro atoms. The average Bonchev–Trinajstić information content (AvgIpc) is 2.40. The van der Waals surface area contributed by atoms with Crippen LogP contribution >= 0.6 is 0 Å². The van der Waals surface area contributed by atoms with Crippen molar-refractivity contribution < 1.29 is 5.11 Å². The van der Waals surface area contributed by atoms with E-state index in [0.29, 0.717) is 0 Å². The lowest BCUT2D eigenvalue weighted by molar-refractivity contribution is 0.0999. The maximum absolute atomic E-state index is 9.58. The molecule has 0 aromatic carbocycles. The second kappa shape index (κ2) is 7.14. The predicted molar refractivity (Wildman–Crippen MR) is 60.9 cm³/mol. The van der Waals surface area contributed by atoms with Gasteiger partial charge in [-0.15, -0.1) is 0 Å². The second-order valence-electron chi connectivity index (χ2n) is 3.18. The van der Waals surface area contributed by atoms with Crippen molar-refractivity contribution in [3.8, 4) is 0 Å². The first-order valence-electron chi connectivity index (χ1n) is 5.43. The maximum Gasteiger partial charge on any atom is 0.0831 e. The topological polar surface area (TPSA) is 20.2 Å². The zero-order chi connectivity index (χ0) is 11.1. The third-order valence-electron chi connectivity index (χ3n) is 2.43. The highest BCUT2D eigenvalue weighted by atomic mass is 16.3. The first-order valence-corrected chi connectivity index (χ1v) is 5.43. The van der Waals surface area contributed by atoms with Gasteiger partial charge in [0.25, 0.3) is 0 Å². The van der Waals surface area contributed by atoms with E-state index in [9.17, 15) is 5.11 Å². The molecule has 1 heteroatoms. The van der Waals surface area contributed by atoms with Gasteiger partial charge in [0.2, 0.25) is 0 Å². The Morgan fingerprint density at radius 2 is 1.46 bits per heavy atom. The smallest absolute Gasteiger partial charge is 0.0831 e. The van der Waals surface area contributed by atoms with E-state index in [-0.39, 0.29) is 0 Å². The normalized spacial score (nSPS) is 25.8. The van der Waals surface area contributed by atoms with E-state index in [2.05, 4.69) is 6.92 Å². The fourth-order valence-electron chi connectivity index (χ4n) is 1.27. The molecule has 1 unspecified atom stereocenters. The molecule has 13 heavy (non-hydrogen) atoms. The molecule has 0 aromatic heterocycles. The highest BCUT2D eigenvalue weighted by molar-refractivity contribution is 5.25. The molecule has 0 saturated carbocycles. The van der Waals surface area contributed by atoms with Crippen molar-refractivity contribution in [1.29, 1.82) is 0 Å². The monoisotopic (exact) mass is 186 g/mol. The number of hydrogen-bond acceptors (Lipinski definition) is 1. The van der Waals surface area contributed by atoms with Crippen LogP contribution < -0.4 is 0 Å². The van der Waals surface area contributed by atoms with Crippen molar-refractivity contribution in [2.75, 3.05) is 0 Å². The molecule has 0 aromatic rings. The van der Waals surface area contributed by atoms with Gasteiger partial charge < -0.3 is 5.11 Å². The Morgan fingerprint density at radius 1 is 1.08 bits per heavy atom. The zero-order valence-corrected chi connectivity index (χ0v) is 10.4. The second-order valence-corrected chi connectivity index (χ2v) is 3.18. The van der Waals surface area contributed by atoms with Crippen LogP contribution in [0, 0.1) is 0 Å². The molecule has 1 N–H and O–H groups in total. The predicted octanol–water partition coefficient (Wildman–Crippen LogP) is 3.92. The van der Waals surface area contributed by atoms with Crippen molar-refractivity contribution in [3.63, 3.8) is 0 Å². The Balaban J connectivity index is 0. The van der Waals surface area contributed by atoms with E-state index >= 15 is 0 Å². The average molecular weight is 186 g/mol. The summed E-state index contributed by atoms with van der Waals surface area (Å²) in [4.78, 5) is 0. The van der Waals surface area contributed by atoms with Gasteiger partial charge in [-0.25, -0.2) is 0 Å². The molecule has 80 valence electrons. The summed E-state index contributed by atoms with van der Waals surface area (Å²) >= 11 is 0. The molecule has 1 aliphatic carbocycles. The largest absolute Gasteiger partial charge is 0.386 e. The standard InChI is InChI=1S/C8H14O.2C2H6/c1-6-4-5-8(3,9)7(6)2;2*1-2/h9H,4-5H2,1-3H3;2*1-2H3. The van der Waals surface area contributed by atoms with E-state index in [1.54, 1.807) is 0 Å². The molecule has 0 saturated heterocycles. The van der Waals surface area contributed by atoms with Crippen molar-refractivity contribution in [1.82, 2.24) is 0 Å². The van der Waals surface area contributed by atoms with Gasteiger partial charge in [0.15, 0.2) is 0 Å². The van der Waals surface area contributed by atoms with Crippen LogP contribution in [0.5, 0.6) is 0 Å². The molecule has 1 rings (SSSR count). The fraction of sp³-hybridized carbons (Fsp3) is 0.833. The summed E-state index contributed by atoms with van der Waals surface area (Å²) in [6.07, 6.45) is 1.98. The van der Waals surface area contributed by atoms with Gasteiger partial charge in [-0.2, -0.15) is 0 Å². The molecule has 0 fully saturated rings. The van der Waals surface area contributed by atoms with Gasteiger partial charge in [0.05, 0.1) is 5.60 Å². The lowest BCUT2D eigenvalue weighted by Gasteiger charge is -2.17. The Morgan fingerprint density at radius 3 is 1.54 bits per heavy atom. The number of hydrogen-bond donors (Lipinski definition) is 1. The van der Waals surface area contributed by atoms with E-state index in [1.807, 2.05) is 41.5 Å². The lowest BCUT2D eigenvalue weighted by Crippen LogP contribution is -2.20.